The molecule has 1 amide bonds. The highest BCUT2D eigenvalue weighted by Gasteiger charge is 2.17. The fraction of sp³-hybridized carbons (Fsp3) is 0.500. The molecule has 0 aromatic carbocycles. The molecule has 0 radical (unpaired) electrons. The van der Waals surface area contributed by atoms with E-state index in [1.54, 1.807) is 26.4 Å². The van der Waals surface area contributed by atoms with Gasteiger partial charge in [-0.1, -0.05) is 6.92 Å². The molecule has 17 heavy (non-hydrogen) atoms. The van der Waals surface area contributed by atoms with Crippen molar-refractivity contribution in [3.8, 4) is 0 Å². The van der Waals surface area contributed by atoms with Gasteiger partial charge in [-0.05, 0) is 15.9 Å². The van der Waals surface area contributed by atoms with Gasteiger partial charge < -0.3 is 10.0 Å². The van der Waals surface area contributed by atoms with Gasteiger partial charge in [-0.3, -0.25) is 14.3 Å². The first-order chi connectivity index (χ1) is 7.90. The normalized spacial score (nSPS) is 12.2. The van der Waals surface area contributed by atoms with E-state index >= 15 is 0 Å². The SMILES string of the molecule is CC(CN(C)C(=O)Cn1cc(Br)cn1)C(=O)O. The van der Waals surface area contributed by atoms with Gasteiger partial charge in [0.15, 0.2) is 0 Å². The van der Waals surface area contributed by atoms with Crippen LogP contribution in [0.4, 0.5) is 0 Å². The van der Waals surface area contributed by atoms with Crippen LogP contribution in [0.1, 0.15) is 6.92 Å². The van der Waals surface area contributed by atoms with Crippen LogP contribution in [0.3, 0.4) is 0 Å². The third kappa shape index (κ3) is 4.18. The highest BCUT2D eigenvalue weighted by Crippen LogP contribution is 2.06. The molecule has 1 unspecified atom stereocenters. The van der Waals surface area contributed by atoms with Crippen molar-refractivity contribution in [1.82, 2.24) is 14.7 Å². The van der Waals surface area contributed by atoms with Crippen molar-refractivity contribution in [2.45, 2.75) is 13.5 Å². The zero-order valence-corrected chi connectivity index (χ0v) is 11.2. The van der Waals surface area contributed by atoms with Crippen molar-refractivity contribution in [2.24, 2.45) is 5.92 Å². The first-order valence-electron chi connectivity index (χ1n) is 5.05. The molecular formula is C10H14BrN3O3. The second-order valence-electron chi connectivity index (χ2n) is 3.87. The van der Waals surface area contributed by atoms with Gasteiger partial charge in [0.25, 0.3) is 0 Å². The molecule has 0 bridgehead atoms. The van der Waals surface area contributed by atoms with Gasteiger partial charge in [-0.25, -0.2) is 0 Å². The van der Waals surface area contributed by atoms with Crippen LogP contribution in [0.2, 0.25) is 0 Å². The maximum atomic E-state index is 11.7. The minimum Gasteiger partial charge on any atom is -0.481 e. The summed E-state index contributed by atoms with van der Waals surface area (Å²) in [4.78, 5) is 23.8. The standard InChI is InChI=1S/C10H14BrN3O3/c1-7(10(16)17)4-13(2)9(15)6-14-5-8(11)3-12-14/h3,5,7H,4,6H2,1-2H3,(H,16,17). The highest BCUT2D eigenvalue weighted by molar-refractivity contribution is 9.10. The molecule has 1 N–H and O–H groups in total. The molecule has 0 saturated heterocycles. The third-order valence-electron chi connectivity index (χ3n) is 2.29. The van der Waals surface area contributed by atoms with Crippen molar-refractivity contribution in [3.05, 3.63) is 16.9 Å². The van der Waals surface area contributed by atoms with Crippen molar-refractivity contribution < 1.29 is 14.7 Å². The molecule has 1 atom stereocenters. The third-order valence-corrected chi connectivity index (χ3v) is 2.70. The molecule has 0 aliphatic carbocycles. The van der Waals surface area contributed by atoms with Crippen LogP contribution in [-0.2, 0) is 16.1 Å². The van der Waals surface area contributed by atoms with Gasteiger partial charge in [0.2, 0.25) is 5.91 Å². The molecule has 7 heteroatoms. The summed E-state index contributed by atoms with van der Waals surface area (Å²) in [6.45, 7) is 1.86. The van der Waals surface area contributed by atoms with Crippen LogP contribution in [0.5, 0.6) is 0 Å². The Morgan fingerprint density at radius 1 is 1.65 bits per heavy atom. The van der Waals surface area contributed by atoms with Crippen molar-refractivity contribution >= 4 is 27.8 Å². The number of amides is 1. The molecule has 1 heterocycles. The van der Waals surface area contributed by atoms with Gasteiger partial charge >= 0.3 is 5.97 Å². The minimum atomic E-state index is -0.911. The molecule has 1 aromatic rings. The van der Waals surface area contributed by atoms with E-state index in [2.05, 4.69) is 21.0 Å². The quantitative estimate of drug-likeness (QED) is 0.874. The van der Waals surface area contributed by atoms with Crippen molar-refractivity contribution in [2.75, 3.05) is 13.6 Å². The summed E-state index contributed by atoms with van der Waals surface area (Å²) in [6.07, 6.45) is 3.28. The number of carboxylic acid groups (broad SMARTS) is 1. The number of carbonyl (C=O) groups is 2. The lowest BCUT2D eigenvalue weighted by Gasteiger charge is -2.19. The van der Waals surface area contributed by atoms with Crippen LogP contribution in [-0.4, -0.2) is 45.3 Å². The second kappa shape index (κ2) is 5.81. The molecule has 94 valence electrons. The summed E-state index contributed by atoms with van der Waals surface area (Å²) >= 11 is 3.23. The Morgan fingerprint density at radius 2 is 2.29 bits per heavy atom. The molecule has 0 spiro atoms. The van der Waals surface area contributed by atoms with Gasteiger partial charge in [0.1, 0.15) is 6.54 Å². The van der Waals surface area contributed by atoms with E-state index in [4.69, 9.17) is 5.11 Å². The zero-order valence-electron chi connectivity index (χ0n) is 9.63. The fourth-order valence-electron chi connectivity index (χ4n) is 1.27. The van der Waals surface area contributed by atoms with E-state index in [9.17, 15) is 9.59 Å². The highest BCUT2D eigenvalue weighted by atomic mass is 79.9. The predicted octanol–water partition coefficient (Wildman–Crippen LogP) is 0.825. The summed E-state index contributed by atoms with van der Waals surface area (Å²) in [5, 5.41) is 12.7. The van der Waals surface area contributed by atoms with E-state index in [0.29, 0.717) is 0 Å². The maximum Gasteiger partial charge on any atom is 0.308 e. The first-order valence-corrected chi connectivity index (χ1v) is 5.84. The van der Waals surface area contributed by atoms with Crippen LogP contribution in [0.25, 0.3) is 0 Å². The molecule has 0 aliphatic rings. The lowest BCUT2D eigenvalue weighted by Crippen LogP contribution is -2.35. The molecule has 1 aromatic heterocycles. The van der Waals surface area contributed by atoms with E-state index in [0.717, 1.165) is 4.47 Å². The molecular weight excluding hydrogens is 290 g/mol. The predicted molar refractivity (Wildman–Crippen MR) is 64.4 cm³/mol. The Labute approximate surface area is 107 Å². The Hall–Kier alpha value is -1.37. The number of hydrogen-bond acceptors (Lipinski definition) is 3. The van der Waals surface area contributed by atoms with E-state index in [1.807, 2.05) is 0 Å². The number of likely N-dealkylation sites (N-methyl/N-ethyl adjacent to an activating group) is 1. The molecule has 1 rings (SSSR count). The lowest BCUT2D eigenvalue weighted by atomic mass is 10.2. The molecule has 6 nitrogen and oxygen atoms in total. The van der Waals surface area contributed by atoms with Crippen molar-refractivity contribution in [3.63, 3.8) is 0 Å². The van der Waals surface area contributed by atoms with Gasteiger partial charge in [0, 0.05) is 19.8 Å². The minimum absolute atomic E-state index is 0.106. The molecule has 0 saturated carbocycles. The van der Waals surface area contributed by atoms with E-state index in [-0.39, 0.29) is 19.0 Å². The topological polar surface area (TPSA) is 75.4 Å². The van der Waals surface area contributed by atoms with E-state index in [1.165, 1.54) is 9.58 Å². The lowest BCUT2D eigenvalue weighted by molar-refractivity contribution is -0.142. The van der Waals surface area contributed by atoms with Crippen LogP contribution in [0.15, 0.2) is 16.9 Å². The number of carboxylic acids is 1. The Balaban J connectivity index is 2.50. The summed E-state index contributed by atoms with van der Waals surface area (Å²) < 4.78 is 2.29. The summed E-state index contributed by atoms with van der Waals surface area (Å²) in [6, 6.07) is 0. The Morgan fingerprint density at radius 3 is 2.76 bits per heavy atom. The monoisotopic (exact) mass is 303 g/mol. The number of halogens is 1. The van der Waals surface area contributed by atoms with Crippen LogP contribution >= 0.6 is 15.9 Å². The average molecular weight is 304 g/mol. The first kappa shape index (κ1) is 13.7. The summed E-state index contributed by atoms with van der Waals surface area (Å²) in [5.41, 5.74) is 0. The molecule has 0 aliphatic heterocycles. The number of aromatic nitrogens is 2. The van der Waals surface area contributed by atoms with E-state index < -0.39 is 11.9 Å². The average Bonchev–Trinajstić information content (AvgIpc) is 2.63. The largest absolute Gasteiger partial charge is 0.481 e. The Bertz CT molecular complexity index is 419. The number of hydrogen-bond donors (Lipinski definition) is 1. The number of rotatable bonds is 5. The Kier molecular flexibility index (Phi) is 4.68. The number of carbonyl (C=O) groups excluding carboxylic acids is 1. The number of aliphatic carboxylic acids is 1. The smallest absolute Gasteiger partial charge is 0.308 e. The zero-order chi connectivity index (χ0) is 13.0. The summed E-state index contributed by atoms with van der Waals surface area (Å²) in [5.74, 6) is -1.66. The fourth-order valence-corrected chi connectivity index (χ4v) is 1.60. The van der Waals surface area contributed by atoms with Crippen molar-refractivity contribution in [1.29, 1.82) is 0 Å². The second-order valence-corrected chi connectivity index (χ2v) is 4.79. The van der Waals surface area contributed by atoms with Gasteiger partial charge in [-0.15, -0.1) is 0 Å². The van der Waals surface area contributed by atoms with Gasteiger partial charge in [0.05, 0.1) is 16.6 Å². The molecule has 0 fully saturated rings. The van der Waals surface area contributed by atoms with Crippen LogP contribution in [0, 0.1) is 5.92 Å². The van der Waals surface area contributed by atoms with Gasteiger partial charge in [-0.2, -0.15) is 5.10 Å². The summed E-state index contributed by atoms with van der Waals surface area (Å²) in [7, 11) is 1.58. The maximum absolute atomic E-state index is 11.7. The number of nitrogens with zero attached hydrogens (tertiary/aromatic N) is 3. The van der Waals surface area contributed by atoms with Crippen LogP contribution < -0.4 is 0 Å².